The van der Waals surface area contributed by atoms with Gasteiger partial charge in [-0.25, -0.2) is 0 Å². The Morgan fingerprint density at radius 2 is 1.76 bits per heavy atom. The number of rotatable bonds is 8. The lowest BCUT2D eigenvalue weighted by Crippen LogP contribution is -2.54. The number of likely N-dealkylation sites (N-methyl/N-ethyl adjacent to an activating group) is 1. The first-order chi connectivity index (χ1) is 12.0. The van der Waals surface area contributed by atoms with Gasteiger partial charge in [-0.3, -0.25) is 9.69 Å². The minimum atomic E-state index is 0.0892. The first kappa shape index (κ1) is 20.6. The zero-order valence-corrected chi connectivity index (χ0v) is 16.4. The number of amides is 1. The molecule has 0 aromatic carbocycles. The minimum absolute atomic E-state index is 0.0892. The molecule has 2 saturated heterocycles. The van der Waals surface area contributed by atoms with Crippen LogP contribution < -0.4 is 5.32 Å². The van der Waals surface area contributed by atoms with Gasteiger partial charge in [0.05, 0.1) is 19.8 Å². The summed E-state index contributed by atoms with van der Waals surface area (Å²) in [6.07, 6.45) is 3.00. The van der Waals surface area contributed by atoms with E-state index in [0.717, 1.165) is 52.1 Å². The zero-order valence-electron chi connectivity index (χ0n) is 16.4. The smallest absolute Gasteiger partial charge is 0.224 e. The molecule has 2 aliphatic heterocycles. The molecule has 0 bridgehead atoms. The number of carbonyl (C=O) groups excluding carboxylic acids is 1. The average molecular weight is 357 g/mol. The largest absolute Gasteiger partial charge is 0.377 e. The van der Waals surface area contributed by atoms with Crippen LogP contribution in [-0.2, 0) is 14.4 Å². The number of carbonyl (C=O) groups is 1. The molecule has 7 heteroatoms. The van der Waals surface area contributed by atoms with Crippen LogP contribution in [0.3, 0.4) is 0 Å². The van der Waals surface area contributed by atoms with Crippen molar-refractivity contribution in [2.24, 2.45) is 0 Å². The molecule has 2 rings (SSSR count). The maximum atomic E-state index is 12.6. The molecule has 0 aromatic heterocycles. The lowest BCUT2D eigenvalue weighted by Gasteiger charge is -2.42. The van der Waals surface area contributed by atoms with Crippen LogP contribution >= 0.6 is 0 Å². The molecule has 1 amide bonds. The van der Waals surface area contributed by atoms with Crippen LogP contribution in [0.25, 0.3) is 0 Å². The van der Waals surface area contributed by atoms with E-state index >= 15 is 0 Å². The fourth-order valence-corrected chi connectivity index (χ4v) is 3.62. The molecule has 25 heavy (non-hydrogen) atoms. The Morgan fingerprint density at radius 1 is 1.12 bits per heavy atom. The zero-order chi connectivity index (χ0) is 18.2. The van der Waals surface area contributed by atoms with Crippen molar-refractivity contribution in [1.29, 1.82) is 0 Å². The molecule has 7 nitrogen and oxygen atoms in total. The number of hydrogen-bond donors (Lipinski definition) is 1. The highest BCUT2D eigenvalue weighted by molar-refractivity contribution is 5.77. The van der Waals surface area contributed by atoms with Crippen LogP contribution in [0.4, 0.5) is 0 Å². The van der Waals surface area contributed by atoms with E-state index in [0.29, 0.717) is 19.1 Å². The molecule has 2 heterocycles. The fraction of sp³-hybridized carbons (Fsp3) is 0.944. The van der Waals surface area contributed by atoms with Gasteiger partial charge in [0.15, 0.2) is 0 Å². The third kappa shape index (κ3) is 6.49. The van der Waals surface area contributed by atoms with Crippen molar-refractivity contribution in [3.63, 3.8) is 0 Å². The van der Waals surface area contributed by atoms with Crippen LogP contribution in [0.1, 0.15) is 33.1 Å². The molecule has 2 aliphatic rings. The highest BCUT2D eigenvalue weighted by atomic mass is 16.7. The van der Waals surface area contributed by atoms with Crippen LogP contribution in [0.15, 0.2) is 0 Å². The second kappa shape index (κ2) is 10.4. The van der Waals surface area contributed by atoms with Gasteiger partial charge in [-0.2, -0.15) is 5.06 Å². The molecule has 0 aromatic rings. The fourth-order valence-electron chi connectivity index (χ4n) is 3.62. The minimum Gasteiger partial charge on any atom is -0.377 e. The maximum absolute atomic E-state index is 12.6. The molecule has 0 aliphatic carbocycles. The third-order valence-corrected chi connectivity index (χ3v) is 5.33. The van der Waals surface area contributed by atoms with Crippen molar-refractivity contribution >= 4 is 5.91 Å². The highest BCUT2D eigenvalue weighted by Crippen LogP contribution is 2.18. The van der Waals surface area contributed by atoms with E-state index in [4.69, 9.17) is 9.57 Å². The van der Waals surface area contributed by atoms with Gasteiger partial charge in [0.2, 0.25) is 5.91 Å². The summed E-state index contributed by atoms with van der Waals surface area (Å²) in [4.78, 5) is 22.4. The van der Waals surface area contributed by atoms with Crippen LogP contribution in [-0.4, -0.2) is 99.0 Å². The van der Waals surface area contributed by atoms with Gasteiger partial charge in [-0.1, -0.05) is 0 Å². The van der Waals surface area contributed by atoms with Crippen molar-refractivity contribution in [3.8, 4) is 0 Å². The molecule has 0 radical (unpaired) electrons. The topological polar surface area (TPSA) is 57.3 Å². The average Bonchev–Trinajstić information content (AvgIpc) is 2.65. The van der Waals surface area contributed by atoms with Gasteiger partial charge >= 0.3 is 0 Å². The maximum Gasteiger partial charge on any atom is 0.224 e. The molecule has 146 valence electrons. The van der Waals surface area contributed by atoms with E-state index in [1.54, 1.807) is 7.11 Å². The Morgan fingerprint density at radius 3 is 2.28 bits per heavy atom. The summed E-state index contributed by atoms with van der Waals surface area (Å²) in [5.74, 6) is 0.237. The number of ether oxygens (including phenoxy) is 1. The molecule has 1 unspecified atom stereocenters. The first-order valence-corrected chi connectivity index (χ1v) is 9.63. The molecular weight excluding hydrogens is 320 g/mol. The molecule has 0 saturated carbocycles. The van der Waals surface area contributed by atoms with Gasteiger partial charge in [0, 0.05) is 57.8 Å². The second-order valence-corrected chi connectivity index (χ2v) is 7.33. The number of hydroxylamine groups is 2. The Balaban J connectivity index is 1.71. The number of hydrogen-bond acceptors (Lipinski definition) is 6. The predicted molar refractivity (Wildman–Crippen MR) is 98.3 cm³/mol. The van der Waals surface area contributed by atoms with E-state index in [1.807, 2.05) is 30.9 Å². The molecule has 1 N–H and O–H groups in total. The van der Waals surface area contributed by atoms with E-state index in [-0.39, 0.29) is 18.1 Å². The van der Waals surface area contributed by atoms with E-state index in [9.17, 15) is 4.79 Å². The summed E-state index contributed by atoms with van der Waals surface area (Å²) in [7, 11) is 3.64. The summed E-state index contributed by atoms with van der Waals surface area (Å²) in [5, 5.41) is 5.23. The summed E-state index contributed by atoms with van der Waals surface area (Å²) in [5.41, 5.74) is 0. The number of nitrogens with zero attached hydrogens (tertiary/aromatic N) is 3. The van der Waals surface area contributed by atoms with Crippen molar-refractivity contribution in [1.82, 2.24) is 20.2 Å². The van der Waals surface area contributed by atoms with E-state index in [1.165, 1.54) is 0 Å². The third-order valence-electron chi connectivity index (χ3n) is 5.33. The lowest BCUT2D eigenvalue weighted by atomic mass is 10.0. The summed E-state index contributed by atoms with van der Waals surface area (Å²) >= 11 is 0. The van der Waals surface area contributed by atoms with Gasteiger partial charge in [0.25, 0.3) is 0 Å². The molecule has 0 spiro atoms. The second-order valence-electron chi connectivity index (χ2n) is 7.33. The van der Waals surface area contributed by atoms with Gasteiger partial charge in [0.1, 0.15) is 0 Å². The van der Waals surface area contributed by atoms with Crippen LogP contribution in [0.5, 0.6) is 0 Å². The normalized spacial score (nSPS) is 22.5. The number of piperazine rings is 1. The quantitative estimate of drug-likeness (QED) is 0.686. The van der Waals surface area contributed by atoms with Crippen molar-refractivity contribution in [3.05, 3.63) is 0 Å². The Labute approximate surface area is 152 Å². The molecule has 1 atom stereocenters. The van der Waals surface area contributed by atoms with Gasteiger partial charge in [-0.05, 0) is 33.7 Å². The molecular formula is C18H36N4O3. The SMILES string of the molecule is CNC(COC(C)C)CC(=O)N1CCN(C2CCN(OC)CC2)CC1. The van der Waals surface area contributed by atoms with Crippen molar-refractivity contribution in [2.75, 3.05) is 60.0 Å². The summed E-state index contributed by atoms with van der Waals surface area (Å²) in [6.45, 7) is 10.3. The van der Waals surface area contributed by atoms with E-state index < -0.39 is 0 Å². The van der Waals surface area contributed by atoms with Crippen LogP contribution in [0.2, 0.25) is 0 Å². The van der Waals surface area contributed by atoms with Crippen molar-refractivity contribution in [2.45, 2.75) is 51.3 Å². The monoisotopic (exact) mass is 356 g/mol. The van der Waals surface area contributed by atoms with E-state index in [2.05, 4.69) is 10.2 Å². The predicted octanol–water partition coefficient (Wildman–Crippen LogP) is 0.560. The van der Waals surface area contributed by atoms with Gasteiger partial charge in [-0.15, -0.1) is 0 Å². The first-order valence-electron chi connectivity index (χ1n) is 9.63. The Hall–Kier alpha value is -0.730. The Kier molecular flexibility index (Phi) is 8.58. The standard InChI is InChI=1S/C18H36N4O3/c1-15(2)25-14-16(19-3)13-18(23)21-11-9-20(10-12-21)17-5-7-22(24-4)8-6-17/h15-17,19H,5-14H2,1-4H3. The summed E-state index contributed by atoms with van der Waals surface area (Å²) < 4.78 is 5.64. The molecule has 2 fully saturated rings. The Bertz CT molecular complexity index is 392. The summed E-state index contributed by atoms with van der Waals surface area (Å²) in [6, 6.07) is 0.722. The number of piperidine rings is 1. The lowest BCUT2D eigenvalue weighted by molar-refractivity contribution is -0.152. The number of nitrogens with one attached hydrogen (secondary N) is 1. The van der Waals surface area contributed by atoms with Gasteiger partial charge < -0.3 is 19.8 Å². The van der Waals surface area contributed by atoms with Crippen molar-refractivity contribution < 1.29 is 14.4 Å². The highest BCUT2D eigenvalue weighted by Gasteiger charge is 2.29. The van der Waals surface area contributed by atoms with Crippen LogP contribution in [0, 0.1) is 0 Å².